The highest BCUT2D eigenvalue weighted by molar-refractivity contribution is 7.20. The Hall–Kier alpha value is -1.96. The average molecular weight is 319 g/mol. The van der Waals surface area contributed by atoms with Crippen LogP contribution in [-0.2, 0) is 4.79 Å². The molecule has 0 spiro atoms. The summed E-state index contributed by atoms with van der Waals surface area (Å²) >= 11 is 1.34. The van der Waals surface area contributed by atoms with E-state index in [0.717, 1.165) is 25.7 Å². The third kappa shape index (κ3) is 2.01. The third-order valence-electron chi connectivity index (χ3n) is 4.80. The van der Waals surface area contributed by atoms with E-state index in [1.165, 1.54) is 34.5 Å². The normalized spacial score (nSPS) is 28.0. The van der Waals surface area contributed by atoms with Gasteiger partial charge in [0.05, 0.1) is 0 Å². The first-order valence-electron chi connectivity index (χ1n) is 7.57. The number of hydrogen-bond donors (Lipinski definition) is 1. The number of hydrogen-bond acceptors (Lipinski definition) is 6. The number of rotatable bonds is 2. The van der Waals surface area contributed by atoms with Crippen molar-refractivity contribution in [1.29, 1.82) is 0 Å². The van der Waals surface area contributed by atoms with Crippen molar-refractivity contribution < 1.29 is 4.79 Å². The molecule has 0 aromatic carbocycles. The highest BCUT2D eigenvalue weighted by Gasteiger charge is 2.45. The summed E-state index contributed by atoms with van der Waals surface area (Å²) in [5.41, 5.74) is 5.41. The van der Waals surface area contributed by atoms with Crippen LogP contribution in [0.4, 0.5) is 5.13 Å². The van der Waals surface area contributed by atoms with E-state index >= 15 is 0 Å². The zero-order valence-corrected chi connectivity index (χ0v) is 12.8. The molecular formula is C14H17N5O2S. The van der Waals surface area contributed by atoms with Crippen LogP contribution in [0.5, 0.6) is 0 Å². The van der Waals surface area contributed by atoms with Gasteiger partial charge in [0.25, 0.3) is 5.56 Å². The van der Waals surface area contributed by atoms with E-state index in [1.807, 2.05) is 4.90 Å². The number of amides is 1. The lowest BCUT2D eigenvalue weighted by Crippen LogP contribution is -2.45. The quantitative estimate of drug-likeness (QED) is 0.882. The first-order valence-corrected chi connectivity index (χ1v) is 8.39. The van der Waals surface area contributed by atoms with Gasteiger partial charge in [0.15, 0.2) is 0 Å². The van der Waals surface area contributed by atoms with Crippen LogP contribution in [0, 0.1) is 5.92 Å². The van der Waals surface area contributed by atoms with Crippen LogP contribution in [0.3, 0.4) is 0 Å². The van der Waals surface area contributed by atoms with Gasteiger partial charge in [-0.05, 0) is 25.2 Å². The number of nitrogens with zero attached hydrogens (tertiary/aromatic N) is 4. The van der Waals surface area contributed by atoms with E-state index in [1.54, 1.807) is 0 Å². The summed E-state index contributed by atoms with van der Waals surface area (Å²) in [5, 5.41) is 5.07. The monoisotopic (exact) mass is 319 g/mol. The first kappa shape index (κ1) is 13.7. The molecule has 2 aromatic heterocycles. The number of carbonyl (C=O) groups is 1. The fraction of sp³-hybridized carbons (Fsp3) is 0.571. The molecule has 116 valence electrons. The van der Waals surface area contributed by atoms with E-state index in [9.17, 15) is 9.59 Å². The van der Waals surface area contributed by atoms with Gasteiger partial charge in [-0.2, -0.15) is 4.52 Å². The lowest BCUT2D eigenvalue weighted by Gasteiger charge is -2.32. The summed E-state index contributed by atoms with van der Waals surface area (Å²) in [6.07, 6.45) is 6.82. The van der Waals surface area contributed by atoms with Gasteiger partial charge in [-0.1, -0.05) is 24.2 Å². The molecule has 8 heteroatoms. The Balaban J connectivity index is 1.81. The molecule has 1 saturated carbocycles. The predicted molar refractivity (Wildman–Crippen MR) is 83.0 cm³/mol. The summed E-state index contributed by atoms with van der Waals surface area (Å²) < 4.78 is 1.30. The Labute approximate surface area is 130 Å². The van der Waals surface area contributed by atoms with Crippen molar-refractivity contribution in [3.63, 3.8) is 0 Å². The van der Waals surface area contributed by atoms with E-state index in [0.29, 0.717) is 22.1 Å². The molecule has 2 N–H and O–H groups in total. The smallest absolute Gasteiger partial charge is 0.275 e. The number of nitrogens with two attached hydrogens (primary N) is 1. The molecule has 0 radical (unpaired) electrons. The highest BCUT2D eigenvalue weighted by atomic mass is 32.1. The predicted octanol–water partition coefficient (Wildman–Crippen LogP) is 0.774. The van der Waals surface area contributed by atoms with E-state index in [-0.39, 0.29) is 17.5 Å². The van der Waals surface area contributed by atoms with E-state index in [4.69, 9.17) is 5.73 Å². The average Bonchev–Trinajstić information content (AvgIpc) is 3.08. The van der Waals surface area contributed by atoms with Crippen LogP contribution < -0.4 is 16.2 Å². The molecule has 0 unspecified atom stereocenters. The molecule has 1 aliphatic heterocycles. The second-order valence-electron chi connectivity index (χ2n) is 6.04. The minimum Gasteiger partial charge on any atom is -0.368 e. The second kappa shape index (κ2) is 5.05. The molecule has 22 heavy (non-hydrogen) atoms. The molecule has 2 aliphatic rings. The van der Waals surface area contributed by atoms with Gasteiger partial charge in [0, 0.05) is 18.3 Å². The first-order chi connectivity index (χ1) is 10.6. The van der Waals surface area contributed by atoms with E-state index in [2.05, 4.69) is 10.1 Å². The van der Waals surface area contributed by atoms with Gasteiger partial charge in [0.1, 0.15) is 6.04 Å². The summed E-state index contributed by atoms with van der Waals surface area (Å²) in [7, 11) is 0. The van der Waals surface area contributed by atoms with Crippen LogP contribution in [0.1, 0.15) is 32.1 Å². The largest absolute Gasteiger partial charge is 0.368 e. The van der Waals surface area contributed by atoms with Crippen molar-refractivity contribution in [2.24, 2.45) is 11.7 Å². The van der Waals surface area contributed by atoms with Crippen molar-refractivity contribution >= 4 is 27.3 Å². The Morgan fingerprint density at radius 1 is 1.36 bits per heavy atom. The number of primary amides is 1. The lowest BCUT2D eigenvalue weighted by molar-refractivity contribution is -0.119. The Morgan fingerprint density at radius 2 is 2.18 bits per heavy atom. The molecule has 0 bridgehead atoms. The topological polar surface area (TPSA) is 93.6 Å². The number of anilines is 1. The maximum atomic E-state index is 11.9. The Bertz CT molecular complexity index is 785. The van der Waals surface area contributed by atoms with Crippen LogP contribution in [-0.4, -0.2) is 32.6 Å². The molecule has 7 nitrogen and oxygen atoms in total. The van der Waals surface area contributed by atoms with Crippen LogP contribution in [0.25, 0.3) is 4.96 Å². The molecule has 4 rings (SSSR count). The van der Waals surface area contributed by atoms with Crippen molar-refractivity contribution in [3.8, 4) is 0 Å². The van der Waals surface area contributed by atoms with Crippen LogP contribution in [0.15, 0.2) is 17.1 Å². The Morgan fingerprint density at radius 3 is 2.95 bits per heavy atom. The molecule has 1 saturated heterocycles. The van der Waals surface area contributed by atoms with Gasteiger partial charge < -0.3 is 10.6 Å². The molecule has 1 amide bonds. The third-order valence-corrected chi connectivity index (χ3v) is 5.73. The van der Waals surface area contributed by atoms with Gasteiger partial charge in [-0.25, -0.2) is 4.98 Å². The van der Waals surface area contributed by atoms with Crippen molar-refractivity contribution in [1.82, 2.24) is 14.6 Å². The van der Waals surface area contributed by atoms with Gasteiger partial charge >= 0.3 is 0 Å². The summed E-state index contributed by atoms with van der Waals surface area (Å²) in [6, 6.07) is 1.35. The maximum absolute atomic E-state index is 11.9. The fourth-order valence-electron chi connectivity index (χ4n) is 3.83. The van der Waals surface area contributed by atoms with Crippen LogP contribution in [0.2, 0.25) is 0 Å². The maximum Gasteiger partial charge on any atom is 0.275 e. The molecular weight excluding hydrogens is 302 g/mol. The van der Waals surface area contributed by atoms with Crippen molar-refractivity contribution in [3.05, 3.63) is 22.6 Å². The summed E-state index contributed by atoms with van der Waals surface area (Å²) in [4.78, 5) is 30.5. The second-order valence-corrected chi connectivity index (χ2v) is 6.97. The summed E-state index contributed by atoms with van der Waals surface area (Å²) in [5.74, 6) is 0.178. The molecule has 2 aromatic rings. The standard InChI is InChI=1S/C14H17N5O2S/c15-12(21)10-7-8-3-1-2-4-9(8)18(10)14-17-19-11(20)5-6-16-13(19)22-14/h5-6,8-10H,1-4,7H2,(H2,15,21)/t8-,9+,10+/m1/s1. The number of aromatic nitrogens is 3. The molecule has 3 heterocycles. The van der Waals surface area contributed by atoms with Gasteiger partial charge in [0.2, 0.25) is 16.0 Å². The fourth-order valence-corrected chi connectivity index (χ4v) is 4.81. The SMILES string of the molecule is NC(=O)[C@@H]1C[C@H]2CCCC[C@@H]2N1c1nn2c(=O)ccnc2s1. The Kier molecular flexibility index (Phi) is 3.14. The summed E-state index contributed by atoms with van der Waals surface area (Å²) in [6.45, 7) is 0. The van der Waals surface area contributed by atoms with E-state index < -0.39 is 0 Å². The van der Waals surface area contributed by atoms with Crippen molar-refractivity contribution in [2.75, 3.05) is 4.90 Å². The zero-order valence-electron chi connectivity index (χ0n) is 12.0. The minimum absolute atomic E-state index is 0.206. The minimum atomic E-state index is -0.329. The number of fused-ring (bicyclic) bond motifs is 2. The molecule has 3 atom stereocenters. The zero-order chi connectivity index (χ0) is 15.3. The molecule has 2 fully saturated rings. The molecule has 1 aliphatic carbocycles. The number of carbonyl (C=O) groups excluding carboxylic acids is 1. The van der Waals surface area contributed by atoms with Crippen LogP contribution >= 0.6 is 11.3 Å². The lowest BCUT2D eigenvalue weighted by atomic mass is 9.85. The van der Waals surface area contributed by atoms with Gasteiger partial charge in [-0.15, -0.1) is 5.10 Å². The van der Waals surface area contributed by atoms with Gasteiger partial charge in [-0.3, -0.25) is 9.59 Å². The van der Waals surface area contributed by atoms with Crippen molar-refractivity contribution in [2.45, 2.75) is 44.2 Å². The highest BCUT2D eigenvalue weighted by Crippen LogP contribution is 2.43.